The van der Waals surface area contributed by atoms with Gasteiger partial charge in [0.25, 0.3) is 0 Å². The Morgan fingerprint density at radius 1 is 1.25 bits per heavy atom. The summed E-state index contributed by atoms with van der Waals surface area (Å²) in [5.41, 5.74) is 1.42. The van der Waals surface area contributed by atoms with Crippen LogP contribution in [0.1, 0.15) is 31.2 Å². The van der Waals surface area contributed by atoms with Gasteiger partial charge in [0, 0.05) is 5.88 Å². The summed E-state index contributed by atoms with van der Waals surface area (Å²) in [4.78, 5) is 0. The summed E-state index contributed by atoms with van der Waals surface area (Å²) in [6.07, 6.45) is 2.26. The minimum absolute atomic E-state index is 0.642. The molecule has 1 unspecified atom stereocenters. The van der Waals surface area contributed by atoms with Gasteiger partial charge in [0.05, 0.1) is 0 Å². The normalized spacial score (nSPS) is 12.8. The third kappa shape index (κ3) is 2.53. The fraction of sp³-hybridized carbons (Fsp3) is 0.455. The summed E-state index contributed by atoms with van der Waals surface area (Å²) in [5, 5.41) is 0. The molecule has 1 atom stereocenters. The SMILES string of the molecule is CCC(CCCl)c1ccccc1. The molecular formula is C11H15Cl. The second kappa shape index (κ2) is 5.21. The maximum Gasteiger partial charge on any atom is 0.0229 e. The van der Waals surface area contributed by atoms with Crippen molar-refractivity contribution >= 4 is 11.6 Å². The average molecular weight is 183 g/mol. The van der Waals surface area contributed by atoms with E-state index < -0.39 is 0 Å². The van der Waals surface area contributed by atoms with Crippen molar-refractivity contribution in [2.75, 3.05) is 5.88 Å². The van der Waals surface area contributed by atoms with Gasteiger partial charge in [-0.25, -0.2) is 0 Å². The van der Waals surface area contributed by atoms with Gasteiger partial charge in [0.1, 0.15) is 0 Å². The molecule has 0 N–H and O–H groups in total. The van der Waals surface area contributed by atoms with Crippen LogP contribution in [0.2, 0.25) is 0 Å². The van der Waals surface area contributed by atoms with Crippen LogP contribution < -0.4 is 0 Å². The Morgan fingerprint density at radius 3 is 2.42 bits per heavy atom. The van der Waals surface area contributed by atoms with E-state index in [9.17, 15) is 0 Å². The molecule has 0 radical (unpaired) electrons. The monoisotopic (exact) mass is 182 g/mol. The van der Waals surface area contributed by atoms with Gasteiger partial charge in [-0.1, -0.05) is 37.3 Å². The molecule has 0 saturated heterocycles. The van der Waals surface area contributed by atoms with Crippen LogP contribution in [0.25, 0.3) is 0 Å². The van der Waals surface area contributed by atoms with Crippen LogP contribution in [0.4, 0.5) is 0 Å². The number of rotatable bonds is 4. The van der Waals surface area contributed by atoms with E-state index in [1.807, 2.05) is 0 Å². The van der Waals surface area contributed by atoms with Crippen LogP contribution in [0.15, 0.2) is 30.3 Å². The fourth-order valence-electron chi connectivity index (χ4n) is 1.46. The molecule has 66 valence electrons. The van der Waals surface area contributed by atoms with Gasteiger partial charge in [-0.3, -0.25) is 0 Å². The Hall–Kier alpha value is -0.490. The first kappa shape index (κ1) is 9.60. The summed E-state index contributed by atoms with van der Waals surface area (Å²) in [6, 6.07) is 10.6. The van der Waals surface area contributed by atoms with Crippen molar-refractivity contribution in [3.05, 3.63) is 35.9 Å². The van der Waals surface area contributed by atoms with Crippen molar-refractivity contribution < 1.29 is 0 Å². The predicted octanol–water partition coefficient (Wildman–Crippen LogP) is 3.81. The zero-order valence-corrected chi connectivity index (χ0v) is 8.22. The number of alkyl halides is 1. The van der Waals surface area contributed by atoms with Crippen molar-refractivity contribution in [1.82, 2.24) is 0 Å². The molecule has 0 aliphatic rings. The van der Waals surface area contributed by atoms with E-state index in [0.717, 1.165) is 12.3 Å². The standard InChI is InChI=1S/C11H15Cl/c1-2-10(8-9-12)11-6-4-3-5-7-11/h3-7,10H,2,8-9H2,1H3. The van der Waals surface area contributed by atoms with E-state index in [1.165, 1.54) is 12.0 Å². The molecule has 0 amide bonds. The first-order valence-corrected chi connectivity index (χ1v) is 5.02. The number of hydrogen-bond acceptors (Lipinski definition) is 0. The summed E-state index contributed by atoms with van der Waals surface area (Å²) >= 11 is 5.72. The number of halogens is 1. The zero-order valence-electron chi connectivity index (χ0n) is 7.46. The van der Waals surface area contributed by atoms with Crippen molar-refractivity contribution in [3.63, 3.8) is 0 Å². The van der Waals surface area contributed by atoms with E-state index in [2.05, 4.69) is 37.3 Å². The predicted molar refractivity (Wildman–Crippen MR) is 54.8 cm³/mol. The molecule has 0 heterocycles. The Labute approximate surface area is 79.6 Å². The average Bonchev–Trinajstić information content (AvgIpc) is 2.15. The Morgan fingerprint density at radius 2 is 1.92 bits per heavy atom. The van der Waals surface area contributed by atoms with Crippen LogP contribution in [-0.4, -0.2) is 5.88 Å². The first-order chi connectivity index (χ1) is 5.88. The van der Waals surface area contributed by atoms with Gasteiger partial charge in [-0.05, 0) is 24.3 Å². The van der Waals surface area contributed by atoms with Gasteiger partial charge in [0.2, 0.25) is 0 Å². The van der Waals surface area contributed by atoms with E-state index in [1.54, 1.807) is 0 Å². The van der Waals surface area contributed by atoms with Crippen LogP contribution >= 0.6 is 11.6 Å². The highest BCUT2D eigenvalue weighted by atomic mass is 35.5. The molecule has 12 heavy (non-hydrogen) atoms. The van der Waals surface area contributed by atoms with E-state index >= 15 is 0 Å². The largest absolute Gasteiger partial charge is 0.127 e. The Bertz CT molecular complexity index is 206. The van der Waals surface area contributed by atoms with Crippen molar-refractivity contribution in [1.29, 1.82) is 0 Å². The lowest BCUT2D eigenvalue weighted by atomic mass is 9.94. The third-order valence-corrected chi connectivity index (χ3v) is 2.44. The summed E-state index contributed by atoms with van der Waals surface area (Å²) in [7, 11) is 0. The highest BCUT2D eigenvalue weighted by molar-refractivity contribution is 6.17. The van der Waals surface area contributed by atoms with Gasteiger partial charge < -0.3 is 0 Å². The maximum absolute atomic E-state index is 5.72. The Kier molecular flexibility index (Phi) is 4.16. The Balaban J connectivity index is 2.66. The molecule has 1 aromatic rings. The van der Waals surface area contributed by atoms with Gasteiger partial charge in [0.15, 0.2) is 0 Å². The van der Waals surface area contributed by atoms with Gasteiger partial charge >= 0.3 is 0 Å². The highest BCUT2D eigenvalue weighted by Gasteiger charge is 2.06. The van der Waals surface area contributed by atoms with E-state index in [4.69, 9.17) is 11.6 Å². The molecule has 0 spiro atoms. The first-order valence-electron chi connectivity index (χ1n) is 4.49. The summed E-state index contributed by atoms with van der Waals surface area (Å²) < 4.78 is 0. The summed E-state index contributed by atoms with van der Waals surface area (Å²) in [5.74, 6) is 1.40. The van der Waals surface area contributed by atoms with E-state index in [0.29, 0.717) is 5.92 Å². The molecule has 1 aromatic carbocycles. The molecule has 0 nitrogen and oxygen atoms in total. The third-order valence-electron chi connectivity index (χ3n) is 2.22. The molecule has 0 aliphatic heterocycles. The molecule has 0 aromatic heterocycles. The smallest absolute Gasteiger partial charge is 0.0229 e. The lowest BCUT2D eigenvalue weighted by Crippen LogP contribution is -1.97. The number of hydrogen-bond donors (Lipinski definition) is 0. The molecule has 0 aliphatic carbocycles. The second-order valence-electron chi connectivity index (χ2n) is 2.99. The maximum atomic E-state index is 5.72. The van der Waals surface area contributed by atoms with Crippen molar-refractivity contribution in [2.45, 2.75) is 25.7 Å². The molecule has 0 saturated carbocycles. The topological polar surface area (TPSA) is 0 Å². The minimum Gasteiger partial charge on any atom is -0.127 e. The second-order valence-corrected chi connectivity index (χ2v) is 3.37. The van der Waals surface area contributed by atoms with Crippen LogP contribution in [-0.2, 0) is 0 Å². The van der Waals surface area contributed by atoms with Crippen LogP contribution in [0.5, 0.6) is 0 Å². The quantitative estimate of drug-likeness (QED) is 0.622. The van der Waals surface area contributed by atoms with E-state index in [-0.39, 0.29) is 0 Å². The van der Waals surface area contributed by atoms with Crippen LogP contribution in [0, 0.1) is 0 Å². The molecular weight excluding hydrogens is 168 g/mol. The number of benzene rings is 1. The molecule has 0 bridgehead atoms. The minimum atomic E-state index is 0.642. The van der Waals surface area contributed by atoms with Gasteiger partial charge in [-0.15, -0.1) is 11.6 Å². The molecule has 1 heteroatoms. The lowest BCUT2D eigenvalue weighted by Gasteiger charge is -2.12. The van der Waals surface area contributed by atoms with Crippen molar-refractivity contribution in [3.8, 4) is 0 Å². The highest BCUT2D eigenvalue weighted by Crippen LogP contribution is 2.22. The van der Waals surface area contributed by atoms with Crippen molar-refractivity contribution in [2.24, 2.45) is 0 Å². The zero-order chi connectivity index (χ0) is 8.81. The molecule has 0 fully saturated rings. The molecule has 1 rings (SSSR count). The van der Waals surface area contributed by atoms with Crippen LogP contribution in [0.3, 0.4) is 0 Å². The van der Waals surface area contributed by atoms with Gasteiger partial charge in [-0.2, -0.15) is 0 Å². The summed E-state index contributed by atoms with van der Waals surface area (Å²) in [6.45, 7) is 2.21. The lowest BCUT2D eigenvalue weighted by molar-refractivity contribution is 0.645. The fourth-order valence-corrected chi connectivity index (χ4v) is 1.73.